The lowest BCUT2D eigenvalue weighted by Gasteiger charge is -2.02. The lowest BCUT2D eigenvalue weighted by Crippen LogP contribution is -2.22. The van der Waals surface area contributed by atoms with Crippen molar-refractivity contribution in [3.05, 3.63) is 51.9 Å². The molecule has 3 aromatic rings. The monoisotopic (exact) mass is 303 g/mol. The zero-order valence-corrected chi connectivity index (χ0v) is 11.1. The molecule has 7 nitrogen and oxygen atoms in total. The standard InChI is InChI=1S/C13H7F2N5O2/c1-22-12-3-2-11-17-19(13(21)20(11)18-12)10-5-8(14)7(6-16)4-9(10)15/h2-5H,1H3. The van der Waals surface area contributed by atoms with Crippen molar-refractivity contribution in [2.45, 2.75) is 0 Å². The highest BCUT2D eigenvalue weighted by Gasteiger charge is 2.17. The summed E-state index contributed by atoms with van der Waals surface area (Å²) in [5.74, 6) is -1.73. The molecule has 0 fully saturated rings. The average molecular weight is 303 g/mol. The predicted octanol–water partition coefficient (Wildman–Crippen LogP) is 1.04. The van der Waals surface area contributed by atoms with E-state index in [4.69, 9.17) is 10.00 Å². The molecule has 0 saturated heterocycles. The highest BCUT2D eigenvalue weighted by atomic mass is 19.1. The number of hydrogen-bond donors (Lipinski definition) is 0. The SMILES string of the molecule is COc1ccc2nn(-c3cc(F)c(C#N)cc3F)c(=O)n2n1. The van der Waals surface area contributed by atoms with Crippen molar-refractivity contribution < 1.29 is 13.5 Å². The number of fused-ring (bicyclic) bond motifs is 1. The van der Waals surface area contributed by atoms with Crippen molar-refractivity contribution in [1.29, 1.82) is 5.26 Å². The molecular weight excluding hydrogens is 296 g/mol. The third kappa shape index (κ3) is 1.98. The summed E-state index contributed by atoms with van der Waals surface area (Å²) in [5, 5.41) is 16.4. The molecule has 2 heterocycles. The molecule has 0 aliphatic rings. The molecule has 0 atom stereocenters. The van der Waals surface area contributed by atoms with Gasteiger partial charge >= 0.3 is 5.69 Å². The molecule has 0 amide bonds. The molecule has 0 unspecified atom stereocenters. The first-order valence-corrected chi connectivity index (χ1v) is 5.98. The lowest BCUT2D eigenvalue weighted by molar-refractivity contribution is 0.389. The van der Waals surface area contributed by atoms with E-state index in [-0.39, 0.29) is 11.5 Å². The second kappa shape index (κ2) is 4.92. The molecule has 0 aliphatic heterocycles. The fourth-order valence-corrected chi connectivity index (χ4v) is 1.90. The van der Waals surface area contributed by atoms with E-state index < -0.39 is 28.6 Å². The zero-order chi connectivity index (χ0) is 15.9. The molecule has 3 rings (SSSR count). The summed E-state index contributed by atoms with van der Waals surface area (Å²) in [4.78, 5) is 12.2. The highest BCUT2D eigenvalue weighted by Crippen LogP contribution is 2.17. The Bertz CT molecular complexity index is 986. The Morgan fingerprint density at radius 3 is 2.68 bits per heavy atom. The van der Waals surface area contributed by atoms with E-state index >= 15 is 0 Å². The van der Waals surface area contributed by atoms with Crippen molar-refractivity contribution in [2.75, 3.05) is 7.11 Å². The minimum Gasteiger partial charge on any atom is -0.480 e. The topological polar surface area (TPSA) is 85.2 Å². The number of aromatic nitrogens is 4. The number of nitriles is 1. The van der Waals surface area contributed by atoms with Crippen molar-refractivity contribution in [3.8, 4) is 17.6 Å². The van der Waals surface area contributed by atoms with Crippen LogP contribution in [0, 0.1) is 23.0 Å². The van der Waals surface area contributed by atoms with Gasteiger partial charge < -0.3 is 4.74 Å². The lowest BCUT2D eigenvalue weighted by atomic mass is 10.2. The van der Waals surface area contributed by atoms with Gasteiger partial charge in [0.1, 0.15) is 17.6 Å². The molecule has 22 heavy (non-hydrogen) atoms. The van der Waals surface area contributed by atoms with Gasteiger partial charge in [-0.05, 0) is 12.1 Å². The zero-order valence-electron chi connectivity index (χ0n) is 11.1. The summed E-state index contributed by atoms with van der Waals surface area (Å²) >= 11 is 0. The summed E-state index contributed by atoms with van der Waals surface area (Å²) in [6.45, 7) is 0. The molecule has 1 aromatic carbocycles. The third-order valence-electron chi connectivity index (χ3n) is 2.95. The van der Waals surface area contributed by atoms with Gasteiger partial charge in [-0.3, -0.25) is 0 Å². The molecule has 2 aromatic heterocycles. The maximum absolute atomic E-state index is 14.0. The normalized spacial score (nSPS) is 10.6. The Morgan fingerprint density at radius 2 is 2.00 bits per heavy atom. The van der Waals surface area contributed by atoms with Gasteiger partial charge in [-0.25, -0.2) is 13.6 Å². The number of methoxy groups -OCH3 is 1. The molecule has 9 heteroatoms. The maximum Gasteiger partial charge on any atom is 0.372 e. The summed E-state index contributed by atoms with van der Waals surface area (Å²) < 4.78 is 34.1. The fourth-order valence-electron chi connectivity index (χ4n) is 1.90. The Labute approximate surface area is 121 Å². The maximum atomic E-state index is 14.0. The molecule has 0 saturated carbocycles. The van der Waals surface area contributed by atoms with Gasteiger partial charge in [0.15, 0.2) is 11.5 Å². The van der Waals surface area contributed by atoms with Gasteiger partial charge in [0.05, 0.1) is 12.7 Å². The minimum absolute atomic E-state index is 0.134. The number of ether oxygens (including phenoxy) is 1. The first-order valence-electron chi connectivity index (χ1n) is 5.98. The predicted molar refractivity (Wildman–Crippen MR) is 69.8 cm³/mol. The number of rotatable bonds is 2. The first kappa shape index (κ1) is 13.7. The van der Waals surface area contributed by atoms with Crippen molar-refractivity contribution in [2.24, 2.45) is 0 Å². The third-order valence-corrected chi connectivity index (χ3v) is 2.95. The quantitative estimate of drug-likeness (QED) is 0.706. The molecule has 110 valence electrons. The van der Waals surface area contributed by atoms with E-state index in [9.17, 15) is 13.6 Å². The van der Waals surface area contributed by atoms with Crippen LogP contribution < -0.4 is 10.4 Å². The van der Waals surface area contributed by atoms with Crippen LogP contribution in [0.2, 0.25) is 0 Å². The van der Waals surface area contributed by atoms with Gasteiger partial charge in [0.2, 0.25) is 5.88 Å². The summed E-state index contributed by atoms with van der Waals surface area (Å²) in [5.41, 5.74) is -1.53. The fraction of sp³-hybridized carbons (Fsp3) is 0.0769. The Morgan fingerprint density at radius 1 is 1.23 bits per heavy atom. The Kier molecular flexibility index (Phi) is 3.06. The van der Waals surface area contributed by atoms with Crippen LogP contribution in [-0.4, -0.2) is 26.5 Å². The summed E-state index contributed by atoms with van der Waals surface area (Å²) in [7, 11) is 1.37. The highest BCUT2D eigenvalue weighted by molar-refractivity contribution is 5.44. The van der Waals surface area contributed by atoms with Gasteiger partial charge in [-0.2, -0.15) is 14.5 Å². The summed E-state index contributed by atoms with van der Waals surface area (Å²) in [6, 6.07) is 5.87. The van der Waals surface area contributed by atoms with E-state index in [2.05, 4.69) is 10.2 Å². The van der Waals surface area contributed by atoms with Crippen LogP contribution in [0.5, 0.6) is 5.88 Å². The Hall–Kier alpha value is -3.28. The van der Waals surface area contributed by atoms with E-state index in [1.165, 1.54) is 25.3 Å². The largest absolute Gasteiger partial charge is 0.480 e. The van der Waals surface area contributed by atoms with Gasteiger partial charge in [0, 0.05) is 12.1 Å². The second-order valence-corrected chi connectivity index (χ2v) is 4.24. The average Bonchev–Trinajstić information content (AvgIpc) is 2.85. The minimum atomic E-state index is -0.951. The van der Waals surface area contributed by atoms with Gasteiger partial charge in [-0.1, -0.05) is 0 Å². The van der Waals surface area contributed by atoms with Crippen LogP contribution in [0.1, 0.15) is 5.56 Å². The Balaban J connectivity index is 2.28. The molecule has 0 spiro atoms. The van der Waals surface area contributed by atoms with Crippen LogP contribution >= 0.6 is 0 Å². The van der Waals surface area contributed by atoms with E-state index in [1.807, 2.05) is 0 Å². The van der Waals surface area contributed by atoms with E-state index in [0.29, 0.717) is 10.7 Å². The smallest absolute Gasteiger partial charge is 0.372 e. The van der Waals surface area contributed by atoms with Crippen molar-refractivity contribution in [3.63, 3.8) is 0 Å². The number of hydrogen-bond acceptors (Lipinski definition) is 5. The van der Waals surface area contributed by atoms with Crippen molar-refractivity contribution in [1.82, 2.24) is 19.4 Å². The van der Waals surface area contributed by atoms with Crippen molar-refractivity contribution >= 4 is 5.65 Å². The molecule has 0 aliphatic carbocycles. The molecule has 0 N–H and O–H groups in total. The summed E-state index contributed by atoms with van der Waals surface area (Å²) in [6.07, 6.45) is 0. The van der Waals surface area contributed by atoms with Crippen LogP contribution in [0.25, 0.3) is 11.3 Å². The number of halogens is 2. The van der Waals surface area contributed by atoms with E-state index in [0.717, 1.165) is 10.6 Å². The van der Waals surface area contributed by atoms with E-state index in [1.54, 1.807) is 0 Å². The van der Waals surface area contributed by atoms with Crippen LogP contribution in [0.3, 0.4) is 0 Å². The number of nitrogens with zero attached hydrogens (tertiary/aromatic N) is 5. The molecular formula is C13H7F2N5O2. The van der Waals surface area contributed by atoms with Gasteiger partial charge in [0.25, 0.3) is 0 Å². The second-order valence-electron chi connectivity index (χ2n) is 4.24. The van der Waals surface area contributed by atoms with Crippen LogP contribution in [0.15, 0.2) is 29.1 Å². The van der Waals surface area contributed by atoms with Crippen LogP contribution in [-0.2, 0) is 0 Å². The first-order chi connectivity index (χ1) is 10.5. The van der Waals surface area contributed by atoms with Crippen LogP contribution in [0.4, 0.5) is 8.78 Å². The molecule has 0 bridgehead atoms. The number of benzene rings is 1. The van der Waals surface area contributed by atoms with Gasteiger partial charge in [-0.15, -0.1) is 10.2 Å². The molecule has 0 radical (unpaired) electrons.